The number of carbonyl (C=O) groups excluding carboxylic acids is 1. The third-order valence-electron chi connectivity index (χ3n) is 4.12. The van der Waals surface area contributed by atoms with Crippen LogP contribution in [0.15, 0.2) is 34.1 Å². The Labute approximate surface area is 125 Å². The first-order chi connectivity index (χ1) is 10.2. The van der Waals surface area contributed by atoms with Crippen LogP contribution in [0.4, 0.5) is 0 Å². The molecular formula is C15H13N3O2S. The molecule has 0 bridgehead atoms. The molecule has 0 fully saturated rings. The number of hydrogen-bond acceptors (Lipinski definition) is 6. The van der Waals surface area contributed by atoms with Gasteiger partial charge in [-0.15, -0.1) is 11.3 Å². The third kappa shape index (κ3) is 1.79. The summed E-state index contributed by atoms with van der Waals surface area (Å²) in [6.07, 6.45) is 1.40. The van der Waals surface area contributed by atoms with Crippen LogP contribution in [0.2, 0.25) is 0 Å². The maximum Gasteiger partial charge on any atom is 0.283 e. The predicted octanol–water partition coefficient (Wildman–Crippen LogP) is 2.02. The van der Waals surface area contributed by atoms with E-state index in [0.717, 1.165) is 23.2 Å². The van der Waals surface area contributed by atoms with Crippen LogP contribution >= 0.6 is 11.3 Å². The van der Waals surface area contributed by atoms with Crippen molar-refractivity contribution in [2.45, 2.75) is 18.4 Å². The molecule has 2 N–H and O–H groups in total. The summed E-state index contributed by atoms with van der Waals surface area (Å²) in [7, 11) is 0. The number of amidine groups is 1. The molecule has 1 atom stereocenters. The average Bonchev–Trinajstić information content (AvgIpc) is 3.13. The Morgan fingerprint density at radius 1 is 1.33 bits per heavy atom. The van der Waals surface area contributed by atoms with E-state index in [2.05, 4.69) is 9.98 Å². The van der Waals surface area contributed by atoms with E-state index in [1.54, 1.807) is 16.8 Å². The molecule has 0 radical (unpaired) electrons. The van der Waals surface area contributed by atoms with Crippen LogP contribution in [0.1, 0.15) is 22.3 Å². The van der Waals surface area contributed by atoms with Crippen molar-refractivity contribution in [1.29, 1.82) is 0 Å². The van der Waals surface area contributed by atoms with E-state index in [4.69, 9.17) is 10.5 Å². The number of ketones is 1. The number of thiazole rings is 1. The smallest absolute Gasteiger partial charge is 0.283 e. The Bertz CT molecular complexity index is 754. The first-order valence-electron chi connectivity index (χ1n) is 6.73. The van der Waals surface area contributed by atoms with Crippen molar-refractivity contribution in [2.24, 2.45) is 10.7 Å². The quantitative estimate of drug-likeness (QED) is 0.874. The first-order valence-corrected chi connectivity index (χ1v) is 7.67. The van der Waals surface area contributed by atoms with Crippen LogP contribution in [-0.4, -0.2) is 28.9 Å². The van der Waals surface area contributed by atoms with Crippen LogP contribution in [0.3, 0.4) is 0 Å². The van der Waals surface area contributed by atoms with Crippen LogP contribution in [-0.2, 0) is 11.2 Å². The molecular weight excluding hydrogens is 286 g/mol. The Morgan fingerprint density at radius 3 is 2.90 bits per heavy atom. The minimum Gasteiger partial charge on any atom is -0.462 e. The van der Waals surface area contributed by atoms with Crippen molar-refractivity contribution in [1.82, 2.24) is 4.98 Å². The highest BCUT2D eigenvalue weighted by Gasteiger charge is 2.47. The van der Waals surface area contributed by atoms with E-state index in [9.17, 15) is 4.79 Å². The van der Waals surface area contributed by atoms with Gasteiger partial charge < -0.3 is 10.5 Å². The summed E-state index contributed by atoms with van der Waals surface area (Å²) in [6.45, 7) is 0.248. The van der Waals surface area contributed by atoms with Crippen LogP contribution in [0.25, 0.3) is 11.3 Å². The van der Waals surface area contributed by atoms with Gasteiger partial charge in [-0.05, 0) is 18.4 Å². The van der Waals surface area contributed by atoms with E-state index >= 15 is 0 Å². The number of nitrogens with zero attached hydrogens (tertiary/aromatic N) is 2. The van der Waals surface area contributed by atoms with Gasteiger partial charge in [-0.1, -0.05) is 18.2 Å². The number of aliphatic imine (C=N–C) groups is 1. The second-order valence-corrected chi connectivity index (χ2v) is 6.02. The van der Waals surface area contributed by atoms with Crippen molar-refractivity contribution >= 4 is 23.1 Å². The average molecular weight is 299 g/mol. The molecule has 106 valence electrons. The van der Waals surface area contributed by atoms with E-state index in [1.165, 1.54) is 0 Å². The molecule has 6 heteroatoms. The van der Waals surface area contributed by atoms with Gasteiger partial charge in [-0.3, -0.25) is 4.79 Å². The van der Waals surface area contributed by atoms with E-state index < -0.39 is 5.54 Å². The topological polar surface area (TPSA) is 77.6 Å². The number of Topliss-reactive ketones (excluding diaryl/α,β-unsaturated/α-hetero) is 1. The fraction of sp³-hybridized carbons (Fsp3) is 0.267. The number of hydrogen-bond donors (Lipinski definition) is 1. The molecule has 0 unspecified atom stereocenters. The molecule has 1 aromatic carbocycles. The summed E-state index contributed by atoms with van der Waals surface area (Å²) in [5.41, 5.74) is 10.3. The lowest BCUT2D eigenvalue weighted by atomic mass is 9.76. The summed E-state index contributed by atoms with van der Waals surface area (Å²) in [4.78, 5) is 21.5. The maximum absolute atomic E-state index is 12.8. The number of nitrogens with two attached hydrogens (primary N) is 1. The van der Waals surface area contributed by atoms with Gasteiger partial charge in [0.15, 0.2) is 11.3 Å². The molecule has 0 saturated carbocycles. The normalized spacial score (nSPS) is 23.8. The summed E-state index contributed by atoms with van der Waals surface area (Å²) >= 11 is 1.55. The standard InChI is InChI=1S/C15H13N3O2S/c16-14-18-15(7-20-14)5-4-9-10(12-6-21-8-17-12)2-1-3-11(9)13(15)19/h1-3,6,8H,4-5,7H2,(H2,16,18)/t15-/m0/s1. The Hall–Kier alpha value is -2.21. The van der Waals surface area contributed by atoms with Crippen LogP contribution < -0.4 is 5.73 Å². The van der Waals surface area contributed by atoms with Gasteiger partial charge in [-0.2, -0.15) is 0 Å². The first kappa shape index (κ1) is 12.5. The zero-order chi connectivity index (χ0) is 14.4. The number of carbonyl (C=O) groups is 1. The van der Waals surface area contributed by atoms with Gasteiger partial charge in [0.25, 0.3) is 6.02 Å². The molecule has 5 nitrogen and oxygen atoms in total. The molecule has 1 aliphatic heterocycles. The molecule has 2 heterocycles. The van der Waals surface area contributed by atoms with Crippen LogP contribution in [0, 0.1) is 0 Å². The van der Waals surface area contributed by atoms with E-state index in [-0.39, 0.29) is 18.4 Å². The number of rotatable bonds is 1. The molecule has 1 spiro atoms. The van der Waals surface area contributed by atoms with Gasteiger partial charge >= 0.3 is 0 Å². The summed E-state index contributed by atoms with van der Waals surface area (Å²) in [5, 5.41) is 2.00. The van der Waals surface area contributed by atoms with E-state index in [0.29, 0.717) is 12.0 Å². The largest absolute Gasteiger partial charge is 0.462 e. The van der Waals surface area contributed by atoms with Gasteiger partial charge in [0.1, 0.15) is 6.61 Å². The number of aromatic nitrogens is 1. The fourth-order valence-corrected chi connectivity index (χ4v) is 3.62. The Balaban J connectivity index is 1.84. The van der Waals surface area contributed by atoms with Gasteiger partial charge in [0.2, 0.25) is 0 Å². The van der Waals surface area contributed by atoms with Crippen molar-refractivity contribution in [3.05, 3.63) is 40.2 Å². The molecule has 21 heavy (non-hydrogen) atoms. The summed E-state index contributed by atoms with van der Waals surface area (Å²) in [6, 6.07) is 5.88. The lowest BCUT2D eigenvalue weighted by molar-refractivity contribution is 0.0835. The Kier molecular flexibility index (Phi) is 2.62. The van der Waals surface area contributed by atoms with Gasteiger partial charge in [-0.25, -0.2) is 9.98 Å². The lowest BCUT2D eigenvalue weighted by Crippen LogP contribution is -2.42. The molecule has 0 amide bonds. The predicted molar refractivity (Wildman–Crippen MR) is 80.5 cm³/mol. The Morgan fingerprint density at radius 2 is 2.19 bits per heavy atom. The lowest BCUT2D eigenvalue weighted by Gasteiger charge is -2.29. The minimum absolute atomic E-state index is 0.00118. The van der Waals surface area contributed by atoms with Gasteiger partial charge in [0, 0.05) is 16.5 Å². The fourth-order valence-electron chi connectivity index (χ4n) is 3.06. The zero-order valence-electron chi connectivity index (χ0n) is 11.2. The van der Waals surface area contributed by atoms with Crippen molar-refractivity contribution < 1.29 is 9.53 Å². The highest BCUT2D eigenvalue weighted by molar-refractivity contribution is 7.07. The highest BCUT2D eigenvalue weighted by atomic mass is 32.1. The molecule has 1 aromatic heterocycles. The second kappa shape index (κ2) is 4.39. The second-order valence-electron chi connectivity index (χ2n) is 5.30. The maximum atomic E-state index is 12.8. The molecule has 0 saturated heterocycles. The highest BCUT2D eigenvalue weighted by Crippen LogP contribution is 2.38. The molecule has 4 rings (SSSR count). The van der Waals surface area contributed by atoms with Gasteiger partial charge in [0.05, 0.1) is 11.2 Å². The van der Waals surface area contributed by atoms with Crippen molar-refractivity contribution in [2.75, 3.05) is 6.61 Å². The summed E-state index contributed by atoms with van der Waals surface area (Å²) in [5.74, 6) is 0.00118. The number of benzene rings is 1. The monoisotopic (exact) mass is 299 g/mol. The van der Waals surface area contributed by atoms with E-state index in [1.807, 2.05) is 23.6 Å². The molecule has 1 aliphatic carbocycles. The zero-order valence-corrected chi connectivity index (χ0v) is 12.0. The van der Waals surface area contributed by atoms with Crippen molar-refractivity contribution in [3.8, 4) is 11.3 Å². The molecule has 2 aromatic rings. The minimum atomic E-state index is -0.822. The van der Waals surface area contributed by atoms with Crippen LogP contribution in [0.5, 0.6) is 0 Å². The SMILES string of the molecule is NC1=N[C@@]2(CCc3c(cccc3-c3cscn3)C2=O)CO1. The molecule has 2 aliphatic rings. The number of ether oxygens (including phenoxy) is 1. The summed E-state index contributed by atoms with van der Waals surface area (Å²) < 4.78 is 5.23. The third-order valence-corrected chi connectivity index (χ3v) is 4.71. The number of fused-ring (bicyclic) bond motifs is 1. The van der Waals surface area contributed by atoms with Crippen molar-refractivity contribution in [3.63, 3.8) is 0 Å².